The number of rotatable bonds is 6. The normalized spacial score (nSPS) is 13.6. The summed E-state index contributed by atoms with van der Waals surface area (Å²) in [5, 5.41) is 8.28. The van der Waals surface area contributed by atoms with E-state index in [2.05, 4.69) is 76.9 Å². The Morgan fingerprint density at radius 2 is 1.66 bits per heavy atom. The van der Waals surface area contributed by atoms with Crippen molar-refractivity contribution in [2.24, 2.45) is 0 Å². The highest BCUT2D eigenvalue weighted by atomic mass is 35.5. The summed E-state index contributed by atoms with van der Waals surface area (Å²) in [5.74, 6) is 0.0240. The summed E-state index contributed by atoms with van der Waals surface area (Å²) in [6.07, 6.45) is 3.21. The average Bonchev–Trinajstić information content (AvgIpc) is 3.26. The van der Waals surface area contributed by atoms with Crippen molar-refractivity contribution in [1.29, 1.82) is 0 Å². The zero-order valence-corrected chi connectivity index (χ0v) is 21.3. The van der Waals surface area contributed by atoms with Crippen molar-refractivity contribution in [1.82, 2.24) is 10.2 Å². The van der Waals surface area contributed by atoms with E-state index in [1.165, 1.54) is 42.1 Å². The van der Waals surface area contributed by atoms with Crippen molar-refractivity contribution in [2.45, 2.75) is 25.8 Å². The molecule has 0 atom stereocenters. The predicted molar refractivity (Wildman–Crippen MR) is 151 cm³/mol. The molecule has 1 aliphatic rings. The van der Waals surface area contributed by atoms with E-state index >= 15 is 0 Å². The van der Waals surface area contributed by atoms with E-state index in [0.717, 1.165) is 51.0 Å². The summed E-state index contributed by atoms with van der Waals surface area (Å²) in [7, 11) is 0. The van der Waals surface area contributed by atoms with Crippen LogP contribution in [0.2, 0.25) is 0 Å². The zero-order chi connectivity index (χ0) is 22.9. The molecule has 0 saturated carbocycles. The van der Waals surface area contributed by atoms with E-state index in [1.54, 1.807) is 11.3 Å². The molecule has 3 nitrogen and oxygen atoms in total. The lowest BCUT2D eigenvalue weighted by atomic mass is 9.93. The first-order valence-electron chi connectivity index (χ1n) is 12.2. The Kier molecular flexibility index (Phi) is 7.05. The van der Waals surface area contributed by atoms with Gasteiger partial charge in [-0.2, -0.15) is 0 Å². The van der Waals surface area contributed by atoms with Gasteiger partial charge < -0.3 is 5.32 Å². The molecular formula is C30H29ClN2OS. The SMILES string of the molecule is Cl.O=C(NCCCCN1CCc2c(ccc3ccccc23)C1)c1ccc2sc3ccccc3c2c1. The van der Waals surface area contributed by atoms with Crippen LogP contribution in [0.1, 0.15) is 34.3 Å². The Hall–Kier alpha value is -2.92. The topological polar surface area (TPSA) is 32.3 Å². The molecule has 1 N–H and O–H groups in total. The molecule has 4 aromatic carbocycles. The number of nitrogens with one attached hydrogen (secondary N) is 1. The zero-order valence-electron chi connectivity index (χ0n) is 19.6. The molecule has 178 valence electrons. The number of unbranched alkanes of at least 4 members (excludes halogenated alkanes) is 1. The Morgan fingerprint density at radius 3 is 2.57 bits per heavy atom. The van der Waals surface area contributed by atoms with Crippen LogP contribution in [-0.2, 0) is 13.0 Å². The minimum Gasteiger partial charge on any atom is -0.352 e. The van der Waals surface area contributed by atoms with Crippen molar-refractivity contribution in [3.05, 3.63) is 95.6 Å². The maximum absolute atomic E-state index is 12.7. The quantitative estimate of drug-likeness (QED) is 0.250. The van der Waals surface area contributed by atoms with Crippen molar-refractivity contribution in [3.8, 4) is 0 Å². The van der Waals surface area contributed by atoms with E-state index < -0.39 is 0 Å². The van der Waals surface area contributed by atoms with Crippen LogP contribution in [0, 0.1) is 0 Å². The number of halogens is 1. The highest BCUT2D eigenvalue weighted by Gasteiger charge is 2.17. The van der Waals surface area contributed by atoms with Gasteiger partial charge in [-0.15, -0.1) is 23.7 Å². The minimum absolute atomic E-state index is 0. The molecule has 0 fully saturated rings. The van der Waals surface area contributed by atoms with E-state index in [4.69, 9.17) is 0 Å². The summed E-state index contributed by atoms with van der Waals surface area (Å²) in [5.41, 5.74) is 3.74. The lowest BCUT2D eigenvalue weighted by molar-refractivity contribution is 0.0952. The highest BCUT2D eigenvalue weighted by molar-refractivity contribution is 7.25. The number of hydrogen-bond acceptors (Lipinski definition) is 3. The van der Waals surface area contributed by atoms with Gasteiger partial charge in [0.25, 0.3) is 5.91 Å². The first-order chi connectivity index (χ1) is 16.8. The third-order valence-corrected chi connectivity index (χ3v) is 8.19. The maximum Gasteiger partial charge on any atom is 0.251 e. The number of thiophene rings is 1. The number of amides is 1. The van der Waals surface area contributed by atoms with Crippen molar-refractivity contribution < 1.29 is 4.79 Å². The molecule has 5 aromatic rings. The maximum atomic E-state index is 12.7. The third kappa shape index (κ3) is 4.79. The van der Waals surface area contributed by atoms with Gasteiger partial charge in [0, 0.05) is 45.4 Å². The molecule has 2 heterocycles. The van der Waals surface area contributed by atoms with Crippen LogP contribution in [0.25, 0.3) is 30.9 Å². The van der Waals surface area contributed by atoms with Gasteiger partial charge in [0.05, 0.1) is 0 Å². The summed E-state index contributed by atoms with van der Waals surface area (Å²) in [6.45, 7) is 3.94. The number of nitrogens with zero attached hydrogens (tertiary/aromatic N) is 1. The van der Waals surface area contributed by atoms with Crippen molar-refractivity contribution in [2.75, 3.05) is 19.6 Å². The van der Waals surface area contributed by atoms with Crippen LogP contribution in [0.3, 0.4) is 0 Å². The van der Waals surface area contributed by atoms with Gasteiger partial charge in [-0.05, 0) is 72.0 Å². The molecule has 0 spiro atoms. The number of benzene rings is 4. The lowest BCUT2D eigenvalue weighted by Crippen LogP contribution is -2.32. The van der Waals surface area contributed by atoms with Gasteiger partial charge in [0.15, 0.2) is 0 Å². The molecule has 1 amide bonds. The number of hydrogen-bond donors (Lipinski definition) is 1. The molecule has 0 radical (unpaired) electrons. The molecule has 1 aliphatic heterocycles. The van der Waals surface area contributed by atoms with E-state index in [1.807, 2.05) is 12.1 Å². The summed E-state index contributed by atoms with van der Waals surface area (Å²) in [4.78, 5) is 15.3. The number of fused-ring (bicyclic) bond motifs is 6. The molecule has 0 aliphatic carbocycles. The second kappa shape index (κ2) is 10.4. The highest BCUT2D eigenvalue weighted by Crippen LogP contribution is 2.34. The van der Waals surface area contributed by atoms with Gasteiger partial charge in [-0.3, -0.25) is 9.69 Å². The molecule has 35 heavy (non-hydrogen) atoms. The van der Waals surface area contributed by atoms with E-state index in [0.29, 0.717) is 0 Å². The Morgan fingerprint density at radius 1 is 0.857 bits per heavy atom. The van der Waals surface area contributed by atoms with Gasteiger partial charge in [-0.25, -0.2) is 0 Å². The molecule has 1 aromatic heterocycles. The second-order valence-electron chi connectivity index (χ2n) is 9.22. The molecule has 0 bridgehead atoms. The smallest absolute Gasteiger partial charge is 0.251 e. The standard InChI is InChI=1S/C30H28N2OS.ClH/c33-30(22-13-14-29-27(19-22)26-9-3-4-10-28(26)34-29)31-16-5-6-17-32-18-15-25-23(20-32)12-11-21-7-1-2-8-24(21)25;/h1-4,7-14,19H,5-6,15-18,20H2,(H,31,33);1H. The van der Waals surface area contributed by atoms with Gasteiger partial charge >= 0.3 is 0 Å². The Balaban J connectivity index is 0.00000253. The van der Waals surface area contributed by atoms with Crippen LogP contribution in [-0.4, -0.2) is 30.4 Å². The predicted octanol–water partition coefficient (Wildman–Crippen LogP) is 7.20. The summed E-state index contributed by atoms with van der Waals surface area (Å²) < 4.78 is 2.50. The molecule has 5 heteroatoms. The Bertz CT molecular complexity index is 1510. The van der Waals surface area contributed by atoms with Crippen LogP contribution >= 0.6 is 23.7 Å². The minimum atomic E-state index is 0. The summed E-state index contributed by atoms with van der Waals surface area (Å²) in [6, 6.07) is 27.7. The molecular weight excluding hydrogens is 472 g/mol. The molecule has 0 saturated heterocycles. The van der Waals surface area contributed by atoms with Crippen LogP contribution < -0.4 is 5.32 Å². The fraction of sp³-hybridized carbons (Fsp3) is 0.233. The van der Waals surface area contributed by atoms with Crippen LogP contribution in [0.15, 0.2) is 78.9 Å². The lowest BCUT2D eigenvalue weighted by Gasteiger charge is -2.29. The molecule has 0 unspecified atom stereocenters. The average molecular weight is 501 g/mol. The van der Waals surface area contributed by atoms with E-state index in [-0.39, 0.29) is 18.3 Å². The second-order valence-corrected chi connectivity index (χ2v) is 10.3. The fourth-order valence-corrected chi connectivity index (χ4v) is 6.32. The van der Waals surface area contributed by atoms with Gasteiger partial charge in [0.2, 0.25) is 0 Å². The van der Waals surface area contributed by atoms with Crippen molar-refractivity contribution >= 4 is 60.6 Å². The van der Waals surface area contributed by atoms with Crippen LogP contribution in [0.4, 0.5) is 0 Å². The third-order valence-electron chi connectivity index (χ3n) is 7.04. The fourth-order valence-electron chi connectivity index (χ4n) is 5.24. The monoisotopic (exact) mass is 500 g/mol. The van der Waals surface area contributed by atoms with Gasteiger partial charge in [-0.1, -0.05) is 54.6 Å². The molecule has 6 rings (SSSR count). The van der Waals surface area contributed by atoms with E-state index in [9.17, 15) is 4.79 Å². The number of carbonyl (C=O) groups excluding carboxylic acids is 1. The van der Waals surface area contributed by atoms with Crippen LogP contribution in [0.5, 0.6) is 0 Å². The largest absolute Gasteiger partial charge is 0.352 e. The van der Waals surface area contributed by atoms with Crippen molar-refractivity contribution in [3.63, 3.8) is 0 Å². The number of carbonyl (C=O) groups is 1. The van der Waals surface area contributed by atoms with Gasteiger partial charge in [0.1, 0.15) is 0 Å². The summed E-state index contributed by atoms with van der Waals surface area (Å²) >= 11 is 1.78. The first kappa shape index (κ1) is 23.8. The first-order valence-corrected chi connectivity index (χ1v) is 13.0. The Labute approximate surface area is 216 Å².